The van der Waals surface area contributed by atoms with Crippen LogP contribution in [0.25, 0.3) is 10.9 Å². The molecule has 1 aromatic carbocycles. The monoisotopic (exact) mass is 273 g/mol. The fraction of sp³-hybridized carbons (Fsp3) is 0.357. The fourth-order valence-electron chi connectivity index (χ4n) is 3.19. The van der Waals surface area contributed by atoms with E-state index in [1.165, 1.54) is 22.8 Å². The molecule has 2 aliphatic heterocycles. The Morgan fingerprint density at radius 2 is 2.20 bits per heavy atom. The molecule has 0 aliphatic carbocycles. The highest BCUT2D eigenvalue weighted by Crippen LogP contribution is 2.33. The van der Waals surface area contributed by atoms with Crippen molar-refractivity contribution in [3.8, 4) is 0 Å². The summed E-state index contributed by atoms with van der Waals surface area (Å²) in [5.74, 6) is -0.607. The number of hydrogen-bond acceptors (Lipinski definition) is 4. The number of Topliss-reactive ketones (excluding diaryl/α,β-unsaturated/α-hetero) is 1. The van der Waals surface area contributed by atoms with Gasteiger partial charge in [-0.1, -0.05) is 0 Å². The summed E-state index contributed by atoms with van der Waals surface area (Å²) in [6.45, 7) is 0.765. The van der Waals surface area contributed by atoms with Gasteiger partial charge in [-0.25, -0.2) is 9.37 Å². The van der Waals surface area contributed by atoms with Gasteiger partial charge in [0.25, 0.3) is 5.56 Å². The molecule has 5 nitrogen and oxygen atoms in total. The molecule has 1 saturated heterocycles. The van der Waals surface area contributed by atoms with Crippen LogP contribution in [0, 0.1) is 11.7 Å². The van der Waals surface area contributed by atoms with Crippen molar-refractivity contribution in [1.29, 1.82) is 0 Å². The molecule has 0 saturated carbocycles. The summed E-state index contributed by atoms with van der Waals surface area (Å²) in [4.78, 5) is 29.2. The molecule has 6 heteroatoms. The van der Waals surface area contributed by atoms with Crippen LogP contribution in [-0.4, -0.2) is 21.9 Å². The predicted molar refractivity (Wildman–Crippen MR) is 70.1 cm³/mol. The lowest BCUT2D eigenvalue weighted by Gasteiger charge is -2.26. The first kappa shape index (κ1) is 11.7. The van der Waals surface area contributed by atoms with E-state index in [9.17, 15) is 14.0 Å². The second-order valence-corrected chi connectivity index (χ2v) is 5.28. The molecular formula is C14H12FN3O2. The number of benzene rings is 1. The van der Waals surface area contributed by atoms with Gasteiger partial charge >= 0.3 is 0 Å². The summed E-state index contributed by atoms with van der Waals surface area (Å²) in [5, 5.41) is 3.41. The molecule has 2 aliphatic rings. The second-order valence-electron chi connectivity index (χ2n) is 5.28. The minimum atomic E-state index is -0.477. The molecule has 3 heterocycles. The average Bonchev–Trinajstić information content (AvgIpc) is 2.74. The van der Waals surface area contributed by atoms with Crippen LogP contribution in [0.3, 0.4) is 0 Å². The minimum absolute atomic E-state index is 0.0921. The number of rotatable bonds is 0. The summed E-state index contributed by atoms with van der Waals surface area (Å²) in [5.41, 5.74) is 0.0226. The molecule has 2 atom stereocenters. The number of carbonyl (C=O) groups excluding carboxylic acids is 1. The van der Waals surface area contributed by atoms with Gasteiger partial charge < -0.3 is 0 Å². The summed E-state index contributed by atoms with van der Waals surface area (Å²) < 4.78 is 14.7. The fourth-order valence-corrected chi connectivity index (χ4v) is 3.19. The first-order valence-electron chi connectivity index (χ1n) is 6.66. The zero-order valence-corrected chi connectivity index (χ0v) is 10.6. The van der Waals surface area contributed by atoms with E-state index in [-0.39, 0.29) is 34.6 Å². The average molecular weight is 273 g/mol. The number of halogens is 1. The van der Waals surface area contributed by atoms with Gasteiger partial charge in [0.1, 0.15) is 5.82 Å². The van der Waals surface area contributed by atoms with Gasteiger partial charge in [0.15, 0.2) is 5.82 Å². The van der Waals surface area contributed by atoms with E-state index in [4.69, 9.17) is 0 Å². The number of hydrogen-bond donors (Lipinski definition) is 1. The first-order chi connectivity index (χ1) is 9.66. The number of ketones is 1. The smallest absolute Gasteiger partial charge is 0.263 e. The maximum atomic E-state index is 13.3. The molecule has 1 aromatic heterocycles. The van der Waals surface area contributed by atoms with Crippen LogP contribution in [0.1, 0.15) is 29.6 Å². The number of nitrogens with one attached hydrogen (secondary N) is 1. The highest BCUT2D eigenvalue weighted by Gasteiger charge is 2.43. The molecule has 0 spiro atoms. The van der Waals surface area contributed by atoms with Crippen LogP contribution in [0.4, 0.5) is 4.39 Å². The van der Waals surface area contributed by atoms with Crippen LogP contribution in [0.5, 0.6) is 0 Å². The van der Waals surface area contributed by atoms with E-state index < -0.39 is 5.82 Å². The number of nitrogens with zero attached hydrogens (tertiary/aromatic N) is 2. The molecule has 102 valence electrons. The topological polar surface area (TPSA) is 64.0 Å². The Balaban J connectivity index is 2.05. The van der Waals surface area contributed by atoms with Crippen molar-refractivity contribution in [2.24, 2.45) is 5.92 Å². The Hall–Kier alpha value is -2.08. The normalized spacial score (nSPS) is 24.8. The summed E-state index contributed by atoms with van der Waals surface area (Å²) in [6.07, 6.45) is 1.33. The Bertz CT molecular complexity index is 799. The Morgan fingerprint density at radius 3 is 3.05 bits per heavy atom. The van der Waals surface area contributed by atoms with Crippen molar-refractivity contribution >= 4 is 16.7 Å². The van der Waals surface area contributed by atoms with Crippen molar-refractivity contribution in [1.82, 2.24) is 14.9 Å². The van der Waals surface area contributed by atoms with Gasteiger partial charge in [-0.05, 0) is 37.6 Å². The van der Waals surface area contributed by atoms with E-state index in [2.05, 4.69) is 10.3 Å². The van der Waals surface area contributed by atoms with Crippen molar-refractivity contribution in [3.63, 3.8) is 0 Å². The standard InChI is InChI=1S/C14H12FN3O2/c15-7-3-4-10-9(6-7)14(20)18-12-8(2-1-5-16-12)11(19)13(18)17-10/h3-4,6,8,12,16H,1-2,5H2. The number of piperidine rings is 1. The highest BCUT2D eigenvalue weighted by molar-refractivity contribution is 5.98. The van der Waals surface area contributed by atoms with E-state index in [0.29, 0.717) is 5.52 Å². The van der Waals surface area contributed by atoms with Crippen molar-refractivity contribution in [2.75, 3.05) is 6.54 Å². The Kier molecular flexibility index (Phi) is 2.32. The van der Waals surface area contributed by atoms with Crippen LogP contribution in [-0.2, 0) is 0 Å². The molecular weight excluding hydrogens is 261 g/mol. The van der Waals surface area contributed by atoms with Gasteiger partial charge in [0, 0.05) is 0 Å². The van der Waals surface area contributed by atoms with E-state index >= 15 is 0 Å². The third kappa shape index (κ3) is 1.42. The van der Waals surface area contributed by atoms with Crippen LogP contribution >= 0.6 is 0 Å². The molecule has 4 rings (SSSR count). The van der Waals surface area contributed by atoms with Crippen LogP contribution in [0.2, 0.25) is 0 Å². The largest absolute Gasteiger partial charge is 0.296 e. The third-order valence-electron chi connectivity index (χ3n) is 4.12. The number of aromatic nitrogens is 2. The maximum Gasteiger partial charge on any atom is 0.263 e. The molecule has 1 N–H and O–H groups in total. The van der Waals surface area contributed by atoms with Crippen molar-refractivity contribution in [2.45, 2.75) is 19.0 Å². The lowest BCUT2D eigenvalue weighted by atomic mass is 9.94. The predicted octanol–water partition coefficient (Wildman–Crippen LogP) is 1.23. The van der Waals surface area contributed by atoms with Crippen molar-refractivity contribution < 1.29 is 9.18 Å². The van der Waals surface area contributed by atoms with E-state index in [1.807, 2.05) is 0 Å². The van der Waals surface area contributed by atoms with Crippen LogP contribution in [0.15, 0.2) is 23.0 Å². The quantitative estimate of drug-likeness (QED) is 0.784. The summed E-state index contributed by atoms with van der Waals surface area (Å²) in [7, 11) is 0. The number of carbonyl (C=O) groups is 1. The SMILES string of the molecule is O=C1c2nc3ccc(F)cc3c(=O)n2C2NCCCC12. The van der Waals surface area contributed by atoms with Crippen LogP contribution < -0.4 is 10.9 Å². The molecule has 0 bridgehead atoms. The summed E-state index contributed by atoms with van der Waals surface area (Å²) >= 11 is 0. The molecule has 2 unspecified atom stereocenters. The second kappa shape index (κ2) is 3.96. The zero-order valence-electron chi connectivity index (χ0n) is 10.6. The molecule has 0 amide bonds. The number of fused-ring (bicyclic) bond motifs is 4. The lowest BCUT2D eigenvalue weighted by Crippen LogP contribution is -2.39. The Labute approximate surface area is 113 Å². The van der Waals surface area contributed by atoms with Gasteiger partial charge in [-0.15, -0.1) is 0 Å². The first-order valence-corrected chi connectivity index (χ1v) is 6.66. The van der Waals surface area contributed by atoms with Gasteiger partial charge in [-0.2, -0.15) is 0 Å². The Morgan fingerprint density at radius 1 is 1.35 bits per heavy atom. The maximum absolute atomic E-state index is 13.3. The lowest BCUT2D eigenvalue weighted by molar-refractivity contribution is 0.0879. The molecule has 20 heavy (non-hydrogen) atoms. The van der Waals surface area contributed by atoms with Gasteiger partial charge in [0.2, 0.25) is 5.78 Å². The van der Waals surface area contributed by atoms with E-state index in [1.54, 1.807) is 0 Å². The van der Waals surface area contributed by atoms with Gasteiger partial charge in [0.05, 0.1) is 23.0 Å². The zero-order chi connectivity index (χ0) is 13.9. The minimum Gasteiger partial charge on any atom is -0.296 e. The van der Waals surface area contributed by atoms with Crippen molar-refractivity contribution in [3.05, 3.63) is 40.2 Å². The van der Waals surface area contributed by atoms with Gasteiger partial charge in [-0.3, -0.25) is 19.5 Å². The molecule has 2 aromatic rings. The molecule has 1 fully saturated rings. The van der Waals surface area contributed by atoms with E-state index in [0.717, 1.165) is 19.4 Å². The molecule has 0 radical (unpaired) electrons. The highest BCUT2D eigenvalue weighted by atomic mass is 19.1. The third-order valence-corrected chi connectivity index (χ3v) is 4.12. The summed E-state index contributed by atoms with van der Waals surface area (Å²) in [6, 6.07) is 3.87.